The van der Waals surface area contributed by atoms with Gasteiger partial charge in [0.05, 0.1) is 5.56 Å². The van der Waals surface area contributed by atoms with Crippen LogP contribution in [0, 0.1) is 5.92 Å². The van der Waals surface area contributed by atoms with Crippen LogP contribution < -0.4 is 5.32 Å². The molecule has 0 heterocycles. The number of carbonyl (C=O) groups is 1. The van der Waals surface area contributed by atoms with Crippen LogP contribution in [-0.2, 0) is 27.5 Å². The van der Waals surface area contributed by atoms with Gasteiger partial charge in [-0.3, -0.25) is 9.00 Å². The fourth-order valence-corrected chi connectivity index (χ4v) is 2.90. The molecular weight excluding hydrogens is 303 g/mol. The Hall–Kier alpha value is -1.37. The zero-order valence-electron chi connectivity index (χ0n) is 11.3. The van der Waals surface area contributed by atoms with Crippen LogP contribution in [0.25, 0.3) is 0 Å². The van der Waals surface area contributed by atoms with Gasteiger partial charge in [0.1, 0.15) is 5.75 Å². The highest BCUT2D eigenvalue weighted by Crippen LogP contribution is 2.29. The van der Waals surface area contributed by atoms with Crippen molar-refractivity contribution in [1.29, 1.82) is 0 Å². The molecule has 21 heavy (non-hydrogen) atoms. The van der Waals surface area contributed by atoms with Crippen molar-refractivity contribution < 1.29 is 22.2 Å². The van der Waals surface area contributed by atoms with Gasteiger partial charge in [-0.05, 0) is 30.4 Å². The van der Waals surface area contributed by atoms with E-state index in [0.717, 1.165) is 25.0 Å². The third kappa shape index (κ3) is 5.49. The highest BCUT2D eigenvalue weighted by molar-refractivity contribution is 7.84. The van der Waals surface area contributed by atoms with Gasteiger partial charge < -0.3 is 5.32 Å². The summed E-state index contributed by atoms with van der Waals surface area (Å²) < 4.78 is 49.5. The number of nitrogens with one attached hydrogen (secondary N) is 1. The molecule has 0 bridgehead atoms. The summed E-state index contributed by atoms with van der Waals surface area (Å²) in [7, 11) is -1.51. The van der Waals surface area contributed by atoms with Crippen molar-refractivity contribution in [2.45, 2.75) is 24.8 Å². The Kier molecular flexibility index (Phi) is 5.03. The SMILES string of the molecule is O=C(C[S@@](=O)Cc1cccc(C(F)(F)F)c1)NCC1CC1. The standard InChI is InChI=1S/C14H16F3NO2S/c15-14(16,17)12-3-1-2-11(6-12)8-21(20)9-13(19)18-7-10-4-5-10/h1-3,6,10H,4-5,7-9H2,(H,18,19)/t21-/m0/s1. The summed E-state index contributed by atoms with van der Waals surface area (Å²) in [5.74, 6) is -0.0120. The normalized spacial score (nSPS) is 16.5. The topological polar surface area (TPSA) is 46.2 Å². The van der Waals surface area contributed by atoms with E-state index in [1.807, 2.05) is 0 Å². The Morgan fingerprint density at radius 3 is 2.67 bits per heavy atom. The Morgan fingerprint density at radius 1 is 1.33 bits per heavy atom. The molecule has 0 aliphatic heterocycles. The van der Waals surface area contributed by atoms with Crippen molar-refractivity contribution in [3.63, 3.8) is 0 Å². The highest BCUT2D eigenvalue weighted by Gasteiger charge is 2.30. The van der Waals surface area contributed by atoms with Crippen LogP contribution >= 0.6 is 0 Å². The van der Waals surface area contributed by atoms with E-state index in [4.69, 9.17) is 0 Å². The summed E-state index contributed by atoms with van der Waals surface area (Å²) in [5, 5.41) is 2.68. The summed E-state index contributed by atoms with van der Waals surface area (Å²) in [5.41, 5.74) is -0.451. The third-order valence-corrected chi connectivity index (χ3v) is 4.40. The molecule has 1 aliphatic carbocycles. The molecule has 1 fully saturated rings. The first-order valence-electron chi connectivity index (χ1n) is 6.62. The molecule has 1 aromatic carbocycles. The lowest BCUT2D eigenvalue weighted by molar-refractivity contribution is -0.137. The molecule has 7 heteroatoms. The van der Waals surface area contributed by atoms with E-state index in [9.17, 15) is 22.2 Å². The fourth-order valence-electron chi connectivity index (χ4n) is 1.85. The van der Waals surface area contributed by atoms with E-state index in [-0.39, 0.29) is 17.4 Å². The number of rotatable bonds is 6. The second kappa shape index (κ2) is 6.60. The molecule has 0 spiro atoms. The number of hydrogen-bond donors (Lipinski definition) is 1. The quantitative estimate of drug-likeness (QED) is 0.875. The van der Waals surface area contributed by atoms with Crippen LogP contribution in [0.2, 0.25) is 0 Å². The minimum Gasteiger partial charge on any atom is -0.355 e. The van der Waals surface area contributed by atoms with Crippen molar-refractivity contribution >= 4 is 16.7 Å². The van der Waals surface area contributed by atoms with Gasteiger partial charge >= 0.3 is 6.18 Å². The Labute approximate surface area is 123 Å². The minimum atomic E-state index is -4.42. The molecule has 1 N–H and O–H groups in total. The van der Waals surface area contributed by atoms with Gasteiger partial charge in [-0.1, -0.05) is 18.2 Å². The van der Waals surface area contributed by atoms with Crippen LogP contribution in [-0.4, -0.2) is 22.4 Å². The summed E-state index contributed by atoms with van der Waals surface area (Å²) in [6.45, 7) is 0.597. The second-order valence-electron chi connectivity index (χ2n) is 5.17. The Bertz CT molecular complexity index is 541. The summed E-state index contributed by atoms with van der Waals surface area (Å²) in [6, 6.07) is 4.70. The molecule has 3 nitrogen and oxygen atoms in total. The molecule has 0 aromatic heterocycles. The van der Waals surface area contributed by atoms with Crippen LogP contribution in [0.3, 0.4) is 0 Å². The van der Waals surface area contributed by atoms with E-state index >= 15 is 0 Å². The average molecular weight is 319 g/mol. The van der Waals surface area contributed by atoms with Crippen molar-refractivity contribution in [1.82, 2.24) is 5.32 Å². The molecule has 1 atom stereocenters. The zero-order valence-corrected chi connectivity index (χ0v) is 12.1. The number of halogens is 3. The first-order chi connectivity index (χ1) is 9.84. The van der Waals surface area contributed by atoms with Crippen molar-refractivity contribution in [3.05, 3.63) is 35.4 Å². The number of hydrogen-bond acceptors (Lipinski definition) is 2. The lowest BCUT2D eigenvalue weighted by Crippen LogP contribution is -2.30. The van der Waals surface area contributed by atoms with Gasteiger partial charge in [-0.15, -0.1) is 0 Å². The molecule has 116 valence electrons. The zero-order chi connectivity index (χ0) is 15.5. The molecule has 1 aliphatic rings. The maximum absolute atomic E-state index is 12.6. The smallest absolute Gasteiger partial charge is 0.355 e. The van der Waals surface area contributed by atoms with Gasteiger partial charge in [0, 0.05) is 23.1 Å². The monoisotopic (exact) mass is 319 g/mol. The lowest BCUT2D eigenvalue weighted by Gasteiger charge is -2.09. The first kappa shape index (κ1) is 16.0. The van der Waals surface area contributed by atoms with Gasteiger partial charge in [-0.25, -0.2) is 0 Å². The van der Waals surface area contributed by atoms with Gasteiger partial charge in [-0.2, -0.15) is 13.2 Å². The predicted octanol–water partition coefficient (Wildman–Crippen LogP) is 2.48. The fraction of sp³-hybridized carbons (Fsp3) is 0.500. The van der Waals surface area contributed by atoms with E-state index in [0.29, 0.717) is 18.0 Å². The van der Waals surface area contributed by atoms with Gasteiger partial charge in [0.2, 0.25) is 5.91 Å². The molecular formula is C14H16F3NO2S. The summed E-state index contributed by atoms with van der Waals surface area (Å²) in [6.07, 6.45) is -2.21. The Morgan fingerprint density at radius 2 is 2.05 bits per heavy atom. The maximum atomic E-state index is 12.6. The van der Waals surface area contributed by atoms with Crippen LogP contribution in [0.1, 0.15) is 24.0 Å². The van der Waals surface area contributed by atoms with E-state index in [2.05, 4.69) is 5.32 Å². The number of carbonyl (C=O) groups excluding carboxylic acids is 1. The maximum Gasteiger partial charge on any atom is 0.416 e. The van der Waals surface area contributed by atoms with Gasteiger partial charge in [0.25, 0.3) is 0 Å². The summed E-state index contributed by atoms with van der Waals surface area (Å²) >= 11 is 0. The number of amides is 1. The number of alkyl halides is 3. The predicted molar refractivity (Wildman–Crippen MR) is 73.9 cm³/mol. The Balaban J connectivity index is 1.85. The molecule has 2 rings (SSSR count). The molecule has 0 unspecified atom stereocenters. The third-order valence-electron chi connectivity index (χ3n) is 3.16. The molecule has 1 aromatic rings. The lowest BCUT2D eigenvalue weighted by atomic mass is 10.1. The van der Waals surface area contributed by atoms with Crippen molar-refractivity contribution in [2.24, 2.45) is 5.92 Å². The number of benzene rings is 1. The van der Waals surface area contributed by atoms with Crippen LogP contribution in [0.5, 0.6) is 0 Å². The van der Waals surface area contributed by atoms with Crippen molar-refractivity contribution in [2.75, 3.05) is 12.3 Å². The minimum absolute atomic E-state index is 0.0548. The van der Waals surface area contributed by atoms with E-state index in [1.165, 1.54) is 12.1 Å². The molecule has 1 amide bonds. The largest absolute Gasteiger partial charge is 0.416 e. The van der Waals surface area contributed by atoms with E-state index in [1.54, 1.807) is 0 Å². The molecule has 1 saturated carbocycles. The highest BCUT2D eigenvalue weighted by atomic mass is 32.2. The van der Waals surface area contributed by atoms with Gasteiger partial charge in [0.15, 0.2) is 0 Å². The molecule has 0 saturated heterocycles. The first-order valence-corrected chi connectivity index (χ1v) is 8.11. The van der Waals surface area contributed by atoms with Crippen molar-refractivity contribution in [3.8, 4) is 0 Å². The average Bonchev–Trinajstić information content (AvgIpc) is 3.19. The van der Waals surface area contributed by atoms with Crippen LogP contribution in [0.15, 0.2) is 24.3 Å². The van der Waals surface area contributed by atoms with E-state index < -0.39 is 22.5 Å². The summed E-state index contributed by atoms with van der Waals surface area (Å²) in [4.78, 5) is 11.5. The molecule has 0 radical (unpaired) electrons. The van der Waals surface area contributed by atoms with Crippen LogP contribution in [0.4, 0.5) is 13.2 Å². The second-order valence-corrected chi connectivity index (χ2v) is 6.63.